The predicted molar refractivity (Wildman–Crippen MR) is 205 cm³/mol. The summed E-state index contributed by atoms with van der Waals surface area (Å²) in [6.07, 6.45) is 0. The molecule has 0 aliphatic carbocycles. The molecule has 0 spiro atoms. The van der Waals surface area contributed by atoms with E-state index in [2.05, 4.69) is 30.3 Å². The van der Waals surface area contributed by atoms with E-state index in [4.69, 9.17) is 30.6 Å². The van der Waals surface area contributed by atoms with Crippen LogP contribution in [0.3, 0.4) is 0 Å². The minimum atomic E-state index is -0.502. The molecule has 0 bridgehead atoms. The van der Waals surface area contributed by atoms with E-state index in [1.165, 1.54) is 0 Å². The highest BCUT2D eigenvalue weighted by Gasteiger charge is 2.22. The van der Waals surface area contributed by atoms with Gasteiger partial charge in [0.2, 0.25) is 5.95 Å². The number of furan rings is 2. The van der Waals surface area contributed by atoms with Crippen molar-refractivity contribution in [2.45, 2.75) is 0 Å². The highest BCUT2D eigenvalue weighted by Crippen LogP contribution is 2.41. The minimum Gasteiger partial charge on any atom is -0.456 e. The first-order valence-electron chi connectivity index (χ1n) is 19.0. The summed E-state index contributed by atoms with van der Waals surface area (Å²) in [6, 6.07) is 39.5. The predicted octanol–water partition coefficient (Wildman–Crippen LogP) is 11.8. The Morgan fingerprint density at radius 3 is 2.10 bits per heavy atom. The number of rotatable bonds is 4. The number of aromatic nitrogens is 4. The SMILES string of the molecule is [2H]c1c([2H])c([2H])c(-c2nc(-c3ccc4c(c3)oc3cccc(-c5ccccc5)c34)nc(-n3c4ccccc4c4ccc5c6ccccc6oc5c43)n2)c([2H])c1[2H]. The molecule has 0 aliphatic rings. The molecule has 11 rings (SSSR count). The minimum absolute atomic E-state index is 0.0687. The zero-order chi connectivity index (χ0) is 37.8. The molecule has 6 heteroatoms. The van der Waals surface area contributed by atoms with Gasteiger partial charge in [-0.1, -0.05) is 121 Å². The van der Waals surface area contributed by atoms with Gasteiger partial charge in [0.25, 0.3) is 0 Å². The van der Waals surface area contributed by atoms with Gasteiger partial charge in [0.15, 0.2) is 17.2 Å². The van der Waals surface area contributed by atoms with Gasteiger partial charge >= 0.3 is 0 Å². The molecule has 7 aromatic carbocycles. The van der Waals surface area contributed by atoms with Crippen LogP contribution in [0.4, 0.5) is 0 Å². The van der Waals surface area contributed by atoms with Gasteiger partial charge < -0.3 is 8.83 Å². The lowest BCUT2D eigenvalue weighted by atomic mass is 9.99. The van der Waals surface area contributed by atoms with Crippen molar-refractivity contribution >= 4 is 65.7 Å². The molecule has 0 saturated heterocycles. The summed E-state index contributed by atoms with van der Waals surface area (Å²) in [6.45, 7) is 0. The molecule has 51 heavy (non-hydrogen) atoms. The molecule has 4 heterocycles. The zero-order valence-electron chi connectivity index (χ0n) is 31.7. The Labute approximate surface area is 297 Å². The van der Waals surface area contributed by atoms with Crippen molar-refractivity contribution in [1.29, 1.82) is 0 Å². The van der Waals surface area contributed by atoms with Crippen LogP contribution in [0, 0.1) is 0 Å². The Bertz CT molecular complexity index is 3420. The molecule has 0 aliphatic heterocycles. The number of fused-ring (bicyclic) bond motifs is 10. The summed E-state index contributed by atoms with van der Waals surface area (Å²) in [7, 11) is 0. The Balaban J connectivity index is 1.22. The summed E-state index contributed by atoms with van der Waals surface area (Å²) in [5.41, 5.74) is 6.82. The highest BCUT2D eigenvalue weighted by atomic mass is 16.3. The average molecular weight is 660 g/mol. The summed E-state index contributed by atoms with van der Waals surface area (Å²) >= 11 is 0. The van der Waals surface area contributed by atoms with Crippen molar-refractivity contribution in [1.82, 2.24) is 19.5 Å². The molecule has 238 valence electrons. The Morgan fingerprint density at radius 2 is 1.22 bits per heavy atom. The largest absolute Gasteiger partial charge is 0.456 e. The standard InChI is InChI=1S/C45H26N4O2/c1-3-12-27(13-4-1)30-18-11-21-38-40(30)35-23-22-29(26-39(35)50-38)44-46-43(28-14-5-2-6-15-28)47-45(48-44)49-36-19-9-7-16-31(36)33-24-25-34-32-17-8-10-20-37(32)51-42(34)41(33)49/h1-26H/i2D,5D,6D,14D,15D. The third-order valence-corrected chi connectivity index (χ3v) is 9.57. The van der Waals surface area contributed by atoms with Gasteiger partial charge in [-0.15, -0.1) is 0 Å². The van der Waals surface area contributed by atoms with Crippen molar-refractivity contribution in [2.24, 2.45) is 0 Å². The molecule has 0 amide bonds. The lowest BCUT2D eigenvalue weighted by Crippen LogP contribution is -2.06. The van der Waals surface area contributed by atoms with Crippen LogP contribution in [0.2, 0.25) is 0 Å². The van der Waals surface area contributed by atoms with Crippen molar-refractivity contribution in [3.63, 3.8) is 0 Å². The van der Waals surface area contributed by atoms with Gasteiger partial charge in [0.1, 0.15) is 22.3 Å². The van der Waals surface area contributed by atoms with Crippen molar-refractivity contribution in [3.8, 4) is 39.9 Å². The smallest absolute Gasteiger partial charge is 0.238 e. The molecule has 0 fully saturated rings. The van der Waals surface area contributed by atoms with E-state index in [0.717, 1.165) is 65.6 Å². The molecular weight excluding hydrogens is 629 g/mol. The first-order chi connectivity index (χ1) is 27.4. The van der Waals surface area contributed by atoms with Crippen molar-refractivity contribution in [3.05, 3.63) is 158 Å². The monoisotopic (exact) mass is 659 g/mol. The van der Waals surface area contributed by atoms with E-state index in [9.17, 15) is 0 Å². The highest BCUT2D eigenvalue weighted by molar-refractivity contribution is 6.21. The van der Waals surface area contributed by atoms with E-state index in [-0.39, 0.29) is 23.2 Å². The van der Waals surface area contributed by atoms with Gasteiger partial charge in [-0.05, 0) is 47.5 Å². The summed E-state index contributed by atoms with van der Waals surface area (Å²) in [4.78, 5) is 14.8. The van der Waals surface area contributed by atoms with Crippen molar-refractivity contribution in [2.75, 3.05) is 0 Å². The van der Waals surface area contributed by atoms with E-state index in [1.54, 1.807) is 0 Å². The molecule has 0 unspecified atom stereocenters. The summed E-state index contributed by atoms with van der Waals surface area (Å²) < 4.78 is 57.9. The van der Waals surface area contributed by atoms with Crippen molar-refractivity contribution < 1.29 is 15.7 Å². The van der Waals surface area contributed by atoms with Crippen LogP contribution in [0.5, 0.6) is 0 Å². The average Bonchev–Trinajstić information content (AvgIpc) is 3.92. The molecule has 0 N–H and O–H groups in total. The van der Waals surface area contributed by atoms with Crippen LogP contribution in [-0.4, -0.2) is 19.5 Å². The normalized spacial score (nSPS) is 13.3. The van der Waals surface area contributed by atoms with Gasteiger partial charge in [-0.25, -0.2) is 4.98 Å². The molecule has 0 saturated carbocycles. The Morgan fingerprint density at radius 1 is 0.490 bits per heavy atom. The Kier molecular flexibility index (Phi) is 4.91. The quantitative estimate of drug-likeness (QED) is 0.188. The maximum atomic E-state index is 8.88. The zero-order valence-corrected chi connectivity index (χ0v) is 26.7. The van der Waals surface area contributed by atoms with E-state index in [0.29, 0.717) is 16.7 Å². The molecule has 4 aromatic heterocycles. The molecule has 0 atom stereocenters. The topological polar surface area (TPSA) is 69.9 Å². The first-order valence-corrected chi connectivity index (χ1v) is 16.5. The molecule has 0 radical (unpaired) electrons. The molecule has 11 aromatic rings. The number of para-hydroxylation sites is 2. The fourth-order valence-corrected chi connectivity index (χ4v) is 7.33. The number of nitrogens with zero attached hydrogens (tertiary/aromatic N) is 4. The fraction of sp³-hybridized carbons (Fsp3) is 0. The van der Waals surface area contributed by atoms with E-state index >= 15 is 0 Å². The van der Waals surface area contributed by atoms with E-state index < -0.39 is 30.2 Å². The van der Waals surface area contributed by atoms with Gasteiger partial charge in [0, 0.05) is 43.4 Å². The molecular formula is C45H26N4O2. The third-order valence-electron chi connectivity index (χ3n) is 9.57. The van der Waals surface area contributed by atoms with Crippen LogP contribution >= 0.6 is 0 Å². The van der Waals surface area contributed by atoms with Crippen LogP contribution in [0.1, 0.15) is 6.85 Å². The first kappa shape index (κ1) is 23.3. The Hall–Kier alpha value is -7.05. The lowest BCUT2D eigenvalue weighted by molar-refractivity contribution is 0.669. The van der Waals surface area contributed by atoms with Gasteiger partial charge in [-0.2, -0.15) is 9.97 Å². The lowest BCUT2D eigenvalue weighted by Gasteiger charge is -2.11. The van der Waals surface area contributed by atoms with Crippen LogP contribution in [0.15, 0.2) is 166 Å². The van der Waals surface area contributed by atoms with Gasteiger partial charge in [0.05, 0.1) is 12.4 Å². The maximum Gasteiger partial charge on any atom is 0.238 e. The maximum absolute atomic E-state index is 8.88. The van der Waals surface area contributed by atoms with Crippen LogP contribution in [-0.2, 0) is 0 Å². The second-order valence-electron chi connectivity index (χ2n) is 12.4. The third kappa shape index (κ3) is 4.20. The second-order valence-corrected chi connectivity index (χ2v) is 12.4. The number of benzene rings is 7. The summed E-state index contributed by atoms with van der Waals surface area (Å²) in [5, 5.41) is 5.63. The molecule has 6 nitrogen and oxygen atoms in total. The van der Waals surface area contributed by atoms with Gasteiger partial charge in [-0.3, -0.25) is 4.57 Å². The van der Waals surface area contributed by atoms with Crippen LogP contribution in [0.25, 0.3) is 106 Å². The van der Waals surface area contributed by atoms with Crippen LogP contribution < -0.4 is 0 Å². The summed E-state index contributed by atoms with van der Waals surface area (Å²) in [5.74, 6) is 0.345. The number of hydrogen-bond donors (Lipinski definition) is 0. The fourth-order valence-electron chi connectivity index (χ4n) is 7.33. The second kappa shape index (κ2) is 10.7. The number of hydrogen-bond acceptors (Lipinski definition) is 5. The van der Waals surface area contributed by atoms with E-state index in [1.807, 2.05) is 102 Å².